The monoisotopic (exact) mass is 437 g/mol. The normalized spacial score (nSPS) is 10.4. The Morgan fingerprint density at radius 3 is 2.19 bits per heavy atom. The number of rotatable bonds is 15. The highest BCUT2D eigenvalue weighted by atomic mass is 16.5. The zero-order valence-corrected chi connectivity index (χ0v) is 18.9. The Morgan fingerprint density at radius 2 is 1.53 bits per heavy atom. The third-order valence-corrected chi connectivity index (χ3v) is 4.82. The molecule has 2 aromatic carbocycles. The molecule has 0 aliphatic rings. The summed E-state index contributed by atoms with van der Waals surface area (Å²) < 4.78 is 16.1. The van der Waals surface area contributed by atoms with E-state index in [1.807, 2.05) is 24.3 Å². The van der Waals surface area contributed by atoms with Gasteiger partial charge in [0.1, 0.15) is 11.5 Å². The highest BCUT2D eigenvalue weighted by Crippen LogP contribution is 2.18. The quantitative estimate of drug-likeness (QED) is 0.145. The molecule has 0 N–H and O–H groups in total. The van der Waals surface area contributed by atoms with Crippen LogP contribution < -0.4 is 9.47 Å². The Labute approximate surface area is 191 Å². The molecule has 0 unspecified atom stereocenters. The number of benzene rings is 2. The van der Waals surface area contributed by atoms with E-state index in [9.17, 15) is 9.59 Å². The highest BCUT2D eigenvalue weighted by molar-refractivity contribution is 5.91. The molecule has 0 fully saturated rings. The Kier molecular flexibility index (Phi) is 11.7. The first-order chi connectivity index (χ1) is 15.6. The Morgan fingerprint density at radius 1 is 0.875 bits per heavy atom. The van der Waals surface area contributed by atoms with Crippen LogP contribution in [0.25, 0.3) is 0 Å². The van der Waals surface area contributed by atoms with Gasteiger partial charge in [-0.1, -0.05) is 38.5 Å². The minimum absolute atomic E-state index is 0.379. The average molecular weight is 438 g/mol. The fourth-order valence-corrected chi connectivity index (χ4v) is 3.00. The molecule has 0 amide bonds. The number of esters is 2. The zero-order chi connectivity index (χ0) is 23.0. The number of unbranched alkanes of at least 4 members (excludes halogenated alkanes) is 5. The van der Waals surface area contributed by atoms with E-state index in [0.717, 1.165) is 44.9 Å². The Balaban J connectivity index is 1.65. The van der Waals surface area contributed by atoms with Crippen molar-refractivity contribution < 1.29 is 23.8 Å². The summed E-state index contributed by atoms with van der Waals surface area (Å²) in [5.74, 6) is 0.483. The van der Waals surface area contributed by atoms with Crippen LogP contribution in [0, 0.1) is 6.42 Å². The number of hydrogen-bond donors (Lipinski definition) is 0. The molecule has 0 heterocycles. The van der Waals surface area contributed by atoms with Gasteiger partial charge in [0, 0.05) is 6.08 Å². The molecule has 171 valence electrons. The maximum absolute atomic E-state index is 12.4. The van der Waals surface area contributed by atoms with Crippen LogP contribution in [0.2, 0.25) is 0 Å². The zero-order valence-electron chi connectivity index (χ0n) is 18.9. The van der Waals surface area contributed by atoms with Gasteiger partial charge in [-0.2, -0.15) is 0 Å². The molecule has 0 spiro atoms. The van der Waals surface area contributed by atoms with Crippen molar-refractivity contribution in [1.82, 2.24) is 0 Å². The number of ether oxygens (including phenoxy) is 3. The van der Waals surface area contributed by atoms with E-state index in [1.165, 1.54) is 11.6 Å². The molecule has 0 aliphatic heterocycles. The summed E-state index contributed by atoms with van der Waals surface area (Å²) in [5.41, 5.74) is 1.68. The molecule has 0 aromatic heterocycles. The summed E-state index contributed by atoms with van der Waals surface area (Å²) >= 11 is 0. The highest BCUT2D eigenvalue weighted by Gasteiger charge is 2.09. The first-order valence-corrected chi connectivity index (χ1v) is 11.3. The first kappa shape index (κ1) is 25.2. The lowest BCUT2D eigenvalue weighted by molar-refractivity contribution is -0.137. The van der Waals surface area contributed by atoms with Crippen molar-refractivity contribution in [1.29, 1.82) is 0 Å². The van der Waals surface area contributed by atoms with Crippen LogP contribution >= 0.6 is 0 Å². The van der Waals surface area contributed by atoms with E-state index >= 15 is 0 Å². The van der Waals surface area contributed by atoms with Gasteiger partial charge >= 0.3 is 11.9 Å². The van der Waals surface area contributed by atoms with Gasteiger partial charge in [-0.3, -0.25) is 0 Å². The predicted molar refractivity (Wildman–Crippen MR) is 126 cm³/mol. The van der Waals surface area contributed by atoms with E-state index in [0.29, 0.717) is 30.3 Å². The second kappa shape index (κ2) is 14.8. The van der Waals surface area contributed by atoms with Crippen molar-refractivity contribution >= 4 is 11.9 Å². The maximum atomic E-state index is 12.4. The van der Waals surface area contributed by atoms with Gasteiger partial charge in [-0.15, -0.1) is 0 Å². The van der Waals surface area contributed by atoms with Crippen LogP contribution in [-0.4, -0.2) is 25.2 Å². The molecule has 32 heavy (non-hydrogen) atoms. The summed E-state index contributed by atoms with van der Waals surface area (Å²) in [7, 11) is 0. The molecule has 1 radical (unpaired) electrons. The summed E-state index contributed by atoms with van der Waals surface area (Å²) in [5, 5.41) is 0. The predicted octanol–water partition coefficient (Wildman–Crippen LogP) is 6.12. The van der Waals surface area contributed by atoms with E-state index in [-0.39, 0.29) is 11.9 Å². The number of carbonyl (C=O) groups is 2. The van der Waals surface area contributed by atoms with E-state index in [4.69, 9.17) is 14.2 Å². The fourth-order valence-electron chi connectivity index (χ4n) is 3.00. The SMILES string of the molecule is C=CC(=O)OCCCCCCOc1ccc(C(=O)Oc2ccc(C[CH]CCC)cc2)cc1. The van der Waals surface area contributed by atoms with Crippen molar-refractivity contribution in [3.05, 3.63) is 78.7 Å². The van der Waals surface area contributed by atoms with Crippen molar-refractivity contribution in [2.24, 2.45) is 0 Å². The van der Waals surface area contributed by atoms with Crippen LogP contribution in [0.3, 0.4) is 0 Å². The van der Waals surface area contributed by atoms with Crippen molar-refractivity contribution in [2.75, 3.05) is 13.2 Å². The van der Waals surface area contributed by atoms with Crippen LogP contribution in [0.1, 0.15) is 61.4 Å². The average Bonchev–Trinajstić information content (AvgIpc) is 2.82. The molecule has 0 saturated heterocycles. The van der Waals surface area contributed by atoms with Gasteiger partial charge < -0.3 is 14.2 Å². The van der Waals surface area contributed by atoms with Gasteiger partial charge in [-0.05, 0) is 80.5 Å². The fraction of sp³-hybridized carbons (Fsp3) is 0.370. The molecule has 5 nitrogen and oxygen atoms in total. The molecule has 0 aliphatic carbocycles. The standard InChI is InChI=1S/C27H33O5/c1-3-5-8-11-22-12-16-25(17-13-22)32-27(29)23-14-18-24(19-15-23)30-20-9-6-7-10-21-31-26(28)4-2/h4,8,12-19H,2-3,5-7,9-11,20-21H2,1H3. The van der Waals surface area contributed by atoms with Crippen molar-refractivity contribution in [3.63, 3.8) is 0 Å². The molecular weight excluding hydrogens is 404 g/mol. The molecule has 2 rings (SSSR count). The lowest BCUT2D eigenvalue weighted by atomic mass is 10.1. The molecule has 0 saturated carbocycles. The first-order valence-electron chi connectivity index (χ1n) is 11.3. The summed E-state index contributed by atoms with van der Waals surface area (Å²) in [6.45, 7) is 6.54. The van der Waals surface area contributed by atoms with E-state index in [2.05, 4.69) is 19.9 Å². The summed E-state index contributed by atoms with van der Waals surface area (Å²) in [6, 6.07) is 14.6. The van der Waals surface area contributed by atoms with E-state index < -0.39 is 0 Å². The molecule has 0 atom stereocenters. The van der Waals surface area contributed by atoms with Crippen LogP contribution in [0.5, 0.6) is 11.5 Å². The lowest BCUT2D eigenvalue weighted by Crippen LogP contribution is -2.08. The summed E-state index contributed by atoms with van der Waals surface area (Å²) in [4.78, 5) is 23.3. The summed E-state index contributed by atoms with van der Waals surface area (Å²) in [6.07, 6.45) is 10.3. The Hall–Kier alpha value is -3.08. The lowest BCUT2D eigenvalue weighted by Gasteiger charge is -2.08. The minimum atomic E-state index is -0.390. The van der Waals surface area contributed by atoms with Gasteiger partial charge in [-0.25, -0.2) is 9.59 Å². The van der Waals surface area contributed by atoms with Crippen molar-refractivity contribution in [2.45, 2.75) is 51.9 Å². The topological polar surface area (TPSA) is 61.8 Å². The second-order valence-corrected chi connectivity index (χ2v) is 7.47. The largest absolute Gasteiger partial charge is 0.494 e. The van der Waals surface area contributed by atoms with E-state index in [1.54, 1.807) is 24.3 Å². The van der Waals surface area contributed by atoms with Crippen LogP contribution in [0.4, 0.5) is 0 Å². The third-order valence-electron chi connectivity index (χ3n) is 4.82. The number of hydrogen-bond acceptors (Lipinski definition) is 5. The van der Waals surface area contributed by atoms with Crippen LogP contribution in [-0.2, 0) is 16.0 Å². The molecule has 0 bridgehead atoms. The minimum Gasteiger partial charge on any atom is -0.494 e. The molecule has 2 aromatic rings. The third kappa shape index (κ3) is 9.82. The Bertz CT molecular complexity index is 824. The smallest absolute Gasteiger partial charge is 0.343 e. The maximum Gasteiger partial charge on any atom is 0.343 e. The second-order valence-electron chi connectivity index (χ2n) is 7.47. The van der Waals surface area contributed by atoms with Crippen molar-refractivity contribution in [3.8, 4) is 11.5 Å². The van der Waals surface area contributed by atoms with Gasteiger partial charge in [0.15, 0.2) is 0 Å². The van der Waals surface area contributed by atoms with Crippen LogP contribution in [0.15, 0.2) is 61.2 Å². The number of carbonyl (C=O) groups excluding carboxylic acids is 2. The molecular formula is C27H33O5. The van der Waals surface area contributed by atoms with Gasteiger partial charge in [0.05, 0.1) is 18.8 Å². The molecule has 5 heteroatoms. The van der Waals surface area contributed by atoms with Gasteiger partial charge in [0.2, 0.25) is 0 Å². The van der Waals surface area contributed by atoms with Gasteiger partial charge in [0.25, 0.3) is 0 Å².